The molecule has 1 amide bonds. The zero-order valence-corrected chi connectivity index (χ0v) is 13.9. The smallest absolute Gasteiger partial charge is 0.433 e. The quantitative estimate of drug-likeness (QED) is 0.425. The van der Waals surface area contributed by atoms with Crippen LogP contribution >= 0.6 is 0 Å². The summed E-state index contributed by atoms with van der Waals surface area (Å²) < 4.78 is 10.6. The molecule has 8 heteroatoms. The number of aromatic nitrogens is 1. The summed E-state index contributed by atoms with van der Waals surface area (Å²) in [5.74, 6) is -0.576. The molecular formula is C19H13N3O5. The van der Waals surface area contributed by atoms with Crippen LogP contribution in [0.2, 0.25) is 0 Å². The Morgan fingerprint density at radius 1 is 1.04 bits per heavy atom. The number of carbonyl (C=O) groups is 1. The van der Waals surface area contributed by atoms with E-state index in [9.17, 15) is 14.9 Å². The van der Waals surface area contributed by atoms with Crippen molar-refractivity contribution in [3.63, 3.8) is 0 Å². The fourth-order valence-corrected chi connectivity index (χ4v) is 2.58. The maximum atomic E-state index is 12.0. The van der Waals surface area contributed by atoms with Crippen LogP contribution in [0.5, 0.6) is 0 Å². The Hall–Kier alpha value is -3.94. The van der Waals surface area contributed by atoms with Gasteiger partial charge in [0.25, 0.3) is 5.91 Å². The van der Waals surface area contributed by atoms with Crippen molar-refractivity contribution in [3.05, 3.63) is 82.1 Å². The Morgan fingerprint density at radius 3 is 2.52 bits per heavy atom. The number of para-hydroxylation sites is 2. The van der Waals surface area contributed by atoms with Crippen molar-refractivity contribution in [2.24, 2.45) is 0 Å². The molecule has 2 heterocycles. The van der Waals surface area contributed by atoms with E-state index in [2.05, 4.69) is 10.3 Å². The summed E-state index contributed by atoms with van der Waals surface area (Å²) in [6.07, 6.45) is 0. The minimum absolute atomic E-state index is 0.107. The summed E-state index contributed by atoms with van der Waals surface area (Å²) in [6, 6.07) is 17.3. The van der Waals surface area contributed by atoms with Crippen LogP contribution in [0.3, 0.4) is 0 Å². The molecule has 0 atom stereocenters. The monoisotopic (exact) mass is 363 g/mol. The van der Waals surface area contributed by atoms with Gasteiger partial charge in [-0.25, -0.2) is 4.98 Å². The molecule has 134 valence electrons. The second-order valence-corrected chi connectivity index (χ2v) is 5.76. The van der Waals surface area contributed by atoms with Gasteiger partial charge < -0.3 is 14.2 Å². The molecule has 0 radical (unpaired) electrons. The lowest BCUT2D eigenvalue weighted by molar-refractivity contribution is -0.402. The topological polar surface area (TPSA) is 111 Å². The molecule has 0 spiro atoms. The van der Waals surface area contributed by atoms with E-state index in [-0.39, 0.29) is 12.3 Å². The Kier molecular flexibility index (Phi) is 4.13. The van der Waals surface area contributed by atoms with Gasteiger partial charge in [-0.15, -0.1) is 0 Å². The number of amides is 1. The highest BCUT2D eigenvalue weighted by atomic mass is 16.6. The standard InChI is InChI=1S/C19H13N3O5/c23-18(16-9-10-17(26-16)22(24)25)20-11-12-5-7-13(8-6-12)19-21-14-3-1-2-4-15(14)27-19/h1-10H,11H2,(H,20,23). The Morgan fingerprint density at radius 2 is 1.81 bits per heavy atom. The van der Waals surface area contributed by atoms with E-state index in [4.69, 9.17) is 8.83 Å². The van der Waals surface area contributed by atoms with Crippen molar-refractivity contribution in [2.75, 3.05) is 0 Å². The van der Waals surface area contributed by atoms with Crippen molar-refractivity contribution in [1.82, 2.24) is 10.3 Å². The van der Waals surface area contributed by atoms with Crippen molar-refractivity contribution in [1.29, 1.82) is 0 Å². The van der Waals surface area contributed by atoms with Crippen LogP contribution in [0, 0.1) is 10.1 Å². The van der Waals surface area contributed by atoms with Crippen molar-refractivity contribution < 1.29 is 18.6 Å². The molecule has 2 aromatic heterocycles. The Balaban J connectivity index is 1.43. The molecule has 4 rings (SSSR count). The summed E-state index contributed by atoms with van der Waals surface area (Å²) in [6.45, 7) is 0.251. The van der Waals surface area contributed by atoms with E-state index in [1.165, 1.54) is 6.07 Å². The van der Waals surface area contributed by atoms with Crippen LogP contribution in [0.15, 0.2) is 69.5 Å². The van der Waals surface area contributed by atoms with Gasteiger partial charge in [0.2, 0.25) is 5.89 Å². The van der Waals surface area contributed by atoms with E-state index in [0.29, 0.717) is 5.89 Å². The van der Waals surface area contributed by atoms with Crippen LogP contribution < -0.4 is 5.32 Å². The second kappa shape index (κ2) is 6.75. The zero-order valence-electron chi connectivity index (χ0n) is 13.9. The third-order valence-corrected chi connectivity index (χ3v) is 3.94. The summed E-state index contributed by atoms with van der Waals surface area (Å²) in [7, 11) is 0. The second-order valence-electron chi connectivity index (χ2n) is 5.76. The van der Waals surface area contributed by atoms with E-state index in [1.54, 1.807) is 0 Å². The number of furan rings is 1. The highest BCUT2D eigenvalue weighted by Crippen LogP contribution is 2.24. The molecule has 8 nitrogen and oxygen atoms in total. The molecule has 0 aliphatic heterocycles. The first-order valence-electron chi connectivity index (χ1n) is 8.07. The summed E-state index contributed by atoms with van der Waals surface area (Å²) in [5, 5.41) is 13.2. The third kappa shape index (κ3) is 3.40. The third-order valence-electron chi connectivity index (χ3n) is 3.94. The molecule has 0 aliphatic rings. The number of benzene rings is 2. The zero-order chi connectivity index (χ0) is 18.8. The maximum absolute atomic E-state index is 12.0. The number of hydrogen-bond donors (Lipinski definition) is 1. The van der Waals surface area contributed by atoms with Gasteiger partial charge in [0.05, 0.1) is 6.07 Å². The predicted octanol–water partition coefficient (Wildman–Crippen LogP) is 3.93. The fourth-order valence-electron chi connectivity index (χ4n) is 2.58. The minimum atomic E-state index is -0.693. The number of rotatable bonds is 5. The lowest BCUT2D eigenvalue weighted by atomic mass is 10.1. The van der Waals surface area contributed by atoms with Gasteiger partial charge in [-0.1, -0.05) is 24.3 Å². The van der Waals surface area contributed by atoms with Crippen LogP contribution in [0.1, 0.15) is 16.1 Å². The number of carbonyl (C=O) groups excluding carboxylic acids is 1. The number of nitrogens with one attached hydrogen (secondary N) is 1. The van der Waals surface area contributed by atoms with Crippen LogP contribution in [-0.2, 0) is 6.54 Å². The SMILES string of the molecule is O=C(NCc1ccc(-c2nc3ccccc3o2)cc1)c1ccc([N+](=O)[O-])o1. The molecule has 0 unspecified atom stereocenters. The first kappa shape index (κ1) is 16.5. The van der Waals surface area contributed by atoms with Gasteiger partial charge in [-0.05, 0) is 35.9 Å². The number of nitro groups is 1. The minimum Gasteiger partial charge on any atom is -0.436 e. The van der Waals surface area contributed by atoms with Crippen molar-refractivity contribution in [2.45, 2.75) is 6.54 Å². The predicted molar refractivity (Wildman–Crippen MR) is 96.0 cm³/mol. The number of nitrogens with zero attached hydrogens (tertiary/aromatic N) is 2. The fraction of sp³-hybridized carbons (Fsp3) is 0.0526. The molecular weight excluding hydrogens is 350 g/mol. The molecule has 27 heavy (non-hydrogen) atoms. The average Bonchev–Trinajstić information content (AvgIpc) is 3.33. The van der Waals surface area contributed by atoms with E-state index in [1.807, 2.05) is 48.5 Å². The van der Waals surface area contributed by atoms with Crippen molar-refractivity contribution in [3.8, 4) is 11.5 Å². The maximum Gasteiger partial charge on any atom is 0.433 e. The average molecular weight is 363 g/mol. The first-order valence-corrected chi connectivity index (χ1v) is 8.07. The molecule has 1 N–H and O–H groups in total. The van der Waals surface area contributed by atoms with E-state index < -0.39 is 16.7 Å². The molecule has 0 saturated carbocycles. The van der Waals surface area contributed by atoms with E-state index in [0.717, 1.165) is 28.3 Å². The van der Waals surface area contributed by atoms with Gasteiger partial charge in [0.1, 0.15) is 10.4 Å². The van der Waals surface area contributed by atoms with E-state index >= 15 is 0 Å². The Labute approximate surface area is 152 Å². The lowest BCUT2D eigenvalue weighted by Crippen LogP contribution is -2.22. The molecule has 0 aliphatic carbocycles. The summed E-state index contributed by atoms with van der Waals surface area (Å²) in [4.78, 5) is 26.3. The largest absolute Gasteiger partial charge is 0.436 e. The van der Waals surface area contributed by atoms with Gasteiger partial charge in [-0.3, -0.25) is 14.9 Å². The van der Waals surface area contributed by atoms with Gasteiger partial charge in [0.15, 0.2) is 11.3 Å². The lowest BCUT2D eigenvalue weighted by Gasteiger charge is -2.04. The highest BCUT2D eigenvalue weighted by Gasteiger charge is 2.17. The molecule has 0 saturated heterocycles. The molecule has 4 aromatic rings. The molecule has 0 bridgehead atoms. The summed E-state index contributed by atoms with van der Waals surface area (Å²) >= 11 is 0. The number of fused-ring (bicyclic) bond motifs is 1. The van der Waals surface area contributed by atoms with Gasteiger partial charge in [0, 0.05) is 12.1 Å². The highest BCUT2D eigenvalue weighted by molar-refractivity contribution is 5.91. The first-order chi connectivity index (χ1) is 13.1. The van der Waals surface area contributed by atoms with Crippen LogP contribution in [0.25, 0.3) is 22.6 Å². The van der Waals surface area contributed by atoms with Gasteiger partial charge >= 0.3 is 5.88 Å². The molecule has 0 fully saturated rings. The number of oxazole rings is 1. The summed E-state index contributed by atoms with van der Waals surface area (Å²) in [5.41, 5.74) is 3.18. The number of hydrogen-bond acceptors (Lipinski definition) is 6. The molecule has 2 aromatic carbocycles. The van der Waals surface area contributed by atoms with Crippen molar-refractivity contribution >= 4 is 22.9 Å². The Bertz CT molecular complexity index is 1090. The van der Waals surface area contributed by atoms with Crippen LogP contribution in [0.4, 0.5) is 5.88 Å². The van der Waals surface area contributed by atoms with Gasteiger partial charge in [-0.2, -0.15) is 0 Å². The normalized spacial score (nSPS) is 10.8. The van der Waals surface area contributed by atoms with Crippen LogP contribution in [-0.4, -0.2) is 15.8 Å².